The van der Waals surface area contributed by atoms with Gasteiger partial charge in [0.1, 0.15) is 23.2 Å². The van der Waals surface area contributed by atoms with Gasteiger partial charge in [-0.2, -0.15) is 13.2 Å². The first kappa shape index (κ1) is 25.8. The van der Waals surface area contributed by atoms with Crippen molar-refractivity contribution < 1.29 is 26.7 Å². The van der Waals surface area contributed by atoms with E-state index in [0.717, 1.165) is 37.4 Å². The molecule has 1 aromatic carbocycles. The van der Waals surface area contributed by atoms with Gasteiger partial charge in [-0.3, -0.25) is 0 Å². The average Bonchev–Trinajstić information content (AvgIpc) is 3.31. The van der Waals surface area contributed by atoms with E-state index in [2.05, 4.69) is 19.9 Å². The van der Waals surface area contributed by atoms with Crippen LogP contribution in [0.3, 0.4) is 0 Å². The first-order chi connectivity index (χ1) is 17.1. The molecule has 0 spiro atoms. The number of alkyl halides is 3. The fourth-order valence-electron chi connectivity index (χ4n) is 4.23. The Labute approximate surface area is 205 Å². The molecule has 0 radical (unpaired) electrons. The summed E-state index contributed by atoms with van der Waals surface area (Å²) in [5.41, 5.74) is -0.281. The van der Waals surface area contributed by atoms with Crippen LogP contribution < -0.4 is 9.64 Å². The Morgan fingerprint density at radius 2 is 1.67 bits per heavy atom. The minimum absolute atomic E-state index is 0.124. The number of aromatic amines is 1. The highest BCUT2D eigenvalue weighted by Crippen LogP contribution is 2.31. The standard InChI is InChI=1S/C25H28F5N5O/c1-15(2)21-14-31-23(34-21)22-19(26)10-18(11-20(22)27)36-9-3-4-16-5-7-35(8-6-16)24-32-12-17(13-33-24)25(28,29)30/h10-16H,3-9H2,1-2H3,(H,31,34). The lowest BCUT2D eigenvalue weighted by molar-refractivity contribution is -0.138. The number of anilines is 1. The van der Waals surface area contributed by atoms with Gasteiger partial charge in [-0.25, -0.2) is 23.7 Å². The highest BCUT2D eigenvalue weighted by atomic mass is 19.4. The lowest BCUT2D eigenvalue weighted by atomic mass is 9.92. The summed E-state index contributed by atoms with van der Waals surface area (Å²) in [5, 5.41) is 0. The quantitative estimate of drug-likeness (QED) is 0.283. The van der Waals surface area contributed by atoms with Crippen LogP contribution >= 0.6 is 0 Å². The van der Waals surface area contributed by atoms with Gasteiger partial charge in [0.05, 0.1) is 17.7 Å². The number of benzene rings is 1. The molecule has 2 aromatic heterocycles. The molecule has 0 aliphatic carbocycles. The molecule has 6 nitrogen and oxygen atoms in total. The van der Waals surface area contributed by atoms with E-state index in [1.165, 1.54) is 12.1 Å². The summed E-state index contributed by atoms with van der Waals surface area (Å²) in [6.07, 6.45) is 2.02. The normalized spacial score (nSPS) is 15.1. The van der Waals surface area contributed by atoms with Crippen LogP contribution in [0, 0.1) is 17.6 Å². The maximum absolute atomic E-state index is 14.6. The summed E-state index contributed by atoms with van der Waals surface area (Å²) >= 11 is 0. The van der Waals surface area contributed by atoms with Crippen LogP contribution in [0.2, 0.25) is 0 Å². The number of halogens is 5. The smallest absolute Gasteiger partial charge is 0.419 e. The number of imidazole rings is 1. The molecule has 3 aromatic rings. The van der Waals surface area contributed by atoms with E-state index in [0.29, 0.717) is 38.0 Å². The zero-order valence-corrected chi connectivity index (χ0v) is 20.1. The van der Waals surface area contributed by atoms with E-state index in [1.54, 1.807) is 6.20 Å². The lowest BCUT2D eigenvalue weighted by Crippen LogP contribution is -2.35. The molecule has 0 amide bonds. The molecule has 1 aliphatic heterocycles. The Balaban J connectivity index is 1.23. The Morgan fingerprint density at radius 1 is 1.03 bits per heavy atom. The third kappa shape index (κ3) is 6.11. The van der Waals surface area contributed by atoms with Gasteiger partial charge in [-0.1, -0.05) is 13.8 Å². The largest absolute Gasteiger partial charge is 0.493 e. The maximum Gasteiger partial charge on any atom is 0.419 e. The SMILES string of the molecule is CC(C)c1cnc(-c2c(F)cc(OCCCC3CCN(c4ncc(C(F)(F)F)cn4)CC3)cc2F)[nH]1. The summed E-state index contributed by atoms with van der Waals surface area (Å²) in [7, 11) is 0. The third-order valence-corrected chi connectivity index (χ3v) is 6.36. The number of nitrogens with zero attached hydrogens (tertiary/aromatic N) is 4. The van der Waals surface area contributed by atoms with Gasteiger partial charge < -0.3 is 14.6 Å². The molecule has 0 atom stereocenters. The van der Waals surface area contributed by atoms with Crippen molar-refractivity contribution in [3.05, 3.63) is 53.6 Å². The van der Waals surface area contributed by atoms with Crippen LogP contribution in [0.5, 0.6) is 5.75 Å². The van der Waals surface area contributed by atoms with Crippen LogP contribution in [0.25, 0.3) is 11.4 Å². The molecule has 0 bridgehead atoms. The van der Waals surface area contributed by atoms with Crippen molar-refractivity contribution in [3.8, 4) is 17.1 Å². The van der Waals surface area contributed by atoms with Crippen molar-refractivity contribution >= 4 is 5.95 Å². The average molecular weight is 510 g/mol. The van der Waals surface area contributed by atoms with Crippen molar-refractivity contribution in [3.63, 3.8) is 0 Å². The summed E-state index contributed by atoms with van der Waals surface area (Å²) in [6.45, 7) is 5.54. The van der Waals surface area contributed by atoms with E-state index in [9.17, 15) is 22.0 Å². The molecular formula is C25H28F5N5O. The number of piperidine rings is 1. The zero-order chi connectivity index (χ0) is 25.9. The number of aromatic nitrogens is 4. The van der Waals surface area contributed by atoms with E-state index < -0.39 is 23.4 Å². The number of nitrogens with one attached hydrogen (secondary N) is 1. The highest BCUT2D eigenvalue weighted by Gasteiger charge is 2.32. The minimum atomic E-state index is -4.45. The summed E-state index contributed by atoms with van der Waals surface area (Å²) < 4.78 is 72.8. The van der Waals surface area contributed by atoms with Gasteiger partial charge in [0.25, 0.3) is 0 Å². The predicted molar refractivity (Wildman–Crippen MR) is 125 cm³/mol. The molecule has 1 N–H and O–H groups in total. The van der Waals surface area contributed by atoms with Crippen LogP contribution in [0.1, 0.15) is 56.7 Å². The fourth-order valence-corrected chi connectivity index (χ4v) is 4.23. The second-order valence-electron chi connectivity index (χ2n) is 9.29. The molecule has 1 fully saturated rings. The Morgan fingerprint density at radius 3 is 2.22 bits per heavy atom. The molecule has 4 rings (SSSR count). The molecule has 36 heavy (non-hydrogen) atoms. The van der Waals surface area contributed by atoms with Crippen LogP contribution in [0.15, 0.2) is 30.7 Å². The monoisotopic (exact) mass is 509 g/mol. The van der Waals surface area contributed by atoms with Gasteiger partial charge in [-0.05, 0) is 37.5 Å². The highest BCUT2D eigenvalue weighted by molar-refractivity contribution is 5.59. The third-order valence-electron chi connectivity index (χ3n) is 6.36. The second-order valence-corrected chi connectivity index (χ2v) is 9.29. The molecule has 0 unspecified atom stereocenters. The van der Waals surface area contributed by atoms with Gasteiger partial charge in [0, 0.05) is 49.5 Å². The lowest BCUT2D eigenvalue weighted by Gasteiger charge is -2.32. The topological polar surface area (TPSA) is 66.9 Å². The summed E-state index contributed by atoms with van der Waals surface area (Å²) in [6, 6.07) is 2.33. The second kappa shape index (κ2) is 10.8. The summed E-state index contributed by atoms with van der Waals surface area (Å²) in [5.74, 6) is -0.339. The predicted octanol–water partition coefficient (Wildman–Crippen LogP) is 6.36. The van der Waals surface area contributed by atoms with Crippen LogP contribution in [-0.4, -0.2) is 39.6 Å². The summed E-state index contributed by atoms with van der Waals surface area (Å²) in [4.78, 5) is 16.6. The van der Waals surface area contributed by atoms with Crippen molar-refractivity contribution in [2.24, 2.45) is 5.92 Å². The molecule has 0 saturated carbocycles. The van der Waals surface area contributed by atoms with Gasteiger partial charge in [0.2, 0.25) is 5.95 Å². The first-order valence-corrected chi connectivity index (χ1v) is 11.9. The Kier molecular flexibility index (Phi) is 7.75. The van der Waals surface area contributed by atoms with Crippen molar-refractivity contribution in [1.82, 2.24) is 19.9 Å². The fraction of sp³-hybridized carbons (Fsp3) is 0.480. The van der Waals surface area contributed by atoms with Gasteiger partial charge >= 0.3 is 6.18 Å². The number of rotatable bonds is 8. The first-order valence-electron chi connectivity index (χ1n) is 11.9. The van der Waals surface area contributed by atoms with Crippen LogP contribution in [0.4, 0.5) is 27.9 Å². The van der Waals surface area contributed by atoms with Crippen LogP contribution in [-0.2, 0) is 6.18 Å². The number of H-pyrrole nitrogens is 1. The molecular weight excluding hydrogens is 481 g/mol. The van der Waals surface area contributed by atoms with E-state index in [1.807, 2.05) is 18.7 Å². The van der Waals surface area contributed by atoms with E-state index in [-0.39, 0.29) is 23.1 Å². The maximum atomic E-state index is 14.6. The Hall–Kier alpha value is -3.24. The van der Waals surface area contributed by atoms with Crippen molar-refractivity contribution in [2.45, 2.75) is 51.6 Å². The van der Waals surface area contributed by atoms with Crippen molar-refractivity contribution in [2.75, 3.05) is 24.6 Å². The Bertz CT molecular complexity index is 1130. The molecule has 1 saturated heterocycles. The molecule has 194 valence electrons. The molecule has 11 heteroatoms. The van der Waals surface area contributed by atoms with Gasteiger partial charge in [-0.15, -0.1) is 0 Å². The number of ether oxygens (including phenoxy) is 1. The van der Waals surface area contributed by atoms with E-state index in [4.69, 9.17) is 4.74 Å². The zero-order valence-electron chi connectivity index (χ0n) is 20.1. The van der Waals surface area contributed by atoms with Crippen molar-refractivity contribution in [1.29, 1.82) is 0 Å². The molecule has 3 heterocycles. The molecule has 1 aliphatic rings. The minimum Gasteiger partial charge on any atom is -0.493 e. The van der Waals surface area contributed by atoms with Gasteiger partial charge in [0.15, 0.2) is 0 Å². The number of hydrogen-bond acceptors (Lipinski definition) is 5. The number of hydrogen-bond donors (Lipinski definition) is 1. The van der Waals surface area contributed by atoms with E-state index >= 15 is 0 Å².